The molecule has 1 nitrogen and oxygen atoms in total. The van der Waals surface area contributed by atoms with Crippen molar-refractivity contribution in [3.63, 3.8) is 0 Å². The van der Waals surface area contributed by atoms with E-state index in [9.17, 15) is 17.6 Å². The van der Waals surface area contributed by atoms with Gasteiger partial charge in [-0.25, -0.2) is 0 Å². The first-order valence-electron chi connectivity index (χ1n) is 18.4. The summed E-state index contributed by atoms with van der Waals surface area (Å²) in [5.41, 5.74) is 1.63. The molecule has 262 valence electrons. The second kappa shape index (κ2) is 12.2. The van der Waals surface area contributed by atoms with Crippen molar-refractivity contribution >= 4 is 11.8 Å². The highest BCUT2D eigenvalue weighted by molar-refractivity contribution is 7.98. The average molecular weight is 683 g/mol. The van der Waals surface area contributed by atoms with Gasteiger partial charge in [0.2, 0.25) is 0 Å². The molecule has 1 aliphatic heterocycles. The number of fused-ring (bicyclic) bond motifs is 4. The molecule has 0 aromatic heterocycles. The third-order valence-electron chi connectivity index (χ3n) is 14.7. The Hall–Kier alpha value is -1.79. The first-order valence-corrected chi connectivity index (χ1v) is 19.4. The van der Waals surface area contributed by atoms with Gasteiger partial charge in [0.05, 0.1) is 17.6 Å². The molecule has 4 fully saturated rings. The van der Waals surface area contributed by atoms with Crippen LogP contribution < -0.4 is 0 Å². The zero-order chi connectivity index (χ0) is 34.2. The molecule has 8 atom stereocenters. The molecule has 7 unspecified atom stereocenters. The topological polar surface area (TPSA) is 9.23 Å². The minimum atomic E-state index is -4.61. The van der Waals surface area contributed by atoms with Gasteiger partial charge in [-0.3, -0.25) is 4.39 Å². The Morgan fingerprint density at radius 1 is 0.854 bits per heavy atom. The number of ether oxygens (including phenoxy) is 1. The summed E-state index contributed by atoms with van der Waals surface area (Å²) < 4.78 is 66.3. The number of hydrogen-bond donors (Lipinski definition) is 0. The molecular weight excluding hydrogens is 629 g/mol. The summed E-state index contributed by atoms with van der Waals surface area (Å²) in [5.74, 6) is 1.82. The van der Waals surface area contributed by atoms with E-state index in [1.807, 2.05) is 17.8 Å². The Labute approximate surface area is 290 Å². The van der Waals surface area contributed by atoms with Crippen molar-refractivity contribution in [1.82, 2.24) is 0 Å². The number of rotatable bonds is 6. The maximum Gasteiger partial charge on any atom is 0.397 e. The number of alkyl halides is 4. The van der Waals surface area contributed by atoms with Crippen LogP contribution in [0.25, 0.3) is 0 Å². The van der Waals surface area contributed by atoms with Crippen LogP contribution in [0.4, 0.5) is 17.6 Å². The van der Waals surface area contributed by atoms with E-state index in [-0.39, 0.29) is 28.8 Å². The molecule has 4 aliphatic carbocycles. The highest BCUT2D eigenvalue weighted by Gasteiger charge is 2.72. The van der Waals surface area contributed by atoms with E-state index < -0.39 is 29.1 Å². The van der Waals surface area contributed by atoms with Crippen LogP contribution in [-0.4, -0.2) is 25.1 Å². The van der Waals surface area contributed by atoms with E-state index in [0.717, 1.165) is 57.3 Å². The zero-order valence-corrected chi connectivity index (χ0v) is 30.3. The normalized spacial score (nSPS) is 37.4. The Kier molecular flexibility index (Phi) is 8.79. The standard InChI is InChI=1S/C42H54F4OS/c1-37(2)21-22-41(47-27-37)20-17-32-30(23-41)13-16-33-35-18-19-39(4,40(5,26-43)42(44,45)46)38(35,3)24-34(36(32)33)29-11-14-31(15-12-29)48-25-28-9-7-6-8-10-28/h6-12,14-15,30,33-35H,13,16-27H2,1-5H3/t30?,33?,34?,35?,38?,39-,40?,41?/m1/s1. The van der Waals surface area contributed by atoms with Gasteiger partial charge in [0.15, 0.2) is 0 Å². The molecule has 0 radical (unpaired) electrons. The molecule has 48 heavy (non-hydrogen) atoms. The first kappa shape index (κ1) is 34.6. The number of halogens is 4. The van der Waals surface area contributed by atoms with E-state index in [1.165, 1.54) is 29.4 Å². The first-order chi connectivity index (χ1) is 22.6. The van der Waals surface area contributed by atoms with Crippen LogP contribution in [-0.2, 0) is 10.5 Å². The largest absolute Gasteiger partial charge is 0.397 e. The van der Waals surface area contributed by atoms with E-state index in [0.29, 0.717) is 18.8 Å². The van der Waals surface area contributed by atoms with Crippen molar-refractivity contribution in [1.29, 1.82) is 0 Å². The maximum absolute atomic E-state index is 14.9. The molecule has 2 aromatic carbocycles. The summed E-state index contributed by atoms with van der Waals surface area (Å²) in [7, 11) is 0. The number of benzene rings is 2. The fraction of sp³-hybridized carbons (Fsp3) is 0.667. The van der Waals surface area contributed by atoms with Crippen LogP contribution in [0.3, 0.4) is 0 Å². The molecule has 1 spiro atoms. The number of thioether (sulfide) groups is 1. The minimum Gasteiger partial charge on any atom is -0.374 e. The van der Waals surface area contributed by atoms with Crippen LogP contribution in [0.2, 0.25) is 0 Å². The monoisotopic (exact) mass is 682 g/mol. The van der Waals surface area contributed by atoms with Crippen LogP contribution in [0.5, 0.6) is 0 Å². The summed E-state index contributed by atoms with van der Waals surface area (Å²) >= 11 is 1.81. The van der Waals surface area contributed by atoms with Crippen LogP contribution >= 0.6 is 11.8 Å². The molecule has 0 amide bonds. The molecule has 1 saturated heterocycles. The molecule has 1 heterocycles. The molecule has 3 saturated carbocycles. The highest BCUT2D eigenvalue weighted by Crippen LogP contribution is 2.75. The second-order valence-corrected chi connectivity index (χ2v) is 18.7. The van der Waals surface area contributed by atoms with E-state index >= 15 is 0 Å². The lowest BCUT2D eigenvalue weighted by atomic mass is 9.44. The van der Waals surface area contributed by atoms with E-state index in [1.54, 1.807) is 18.1 Å². The summed E-state index contributed by atoms with van der Waals surface area (Å²) in [5, 5.41) is 0. The zero-order valence-electron chi connectivity index (χ0n) is 29.5. The molecular formula is C42H54F4OS. The molecule has 0 bridgehead atoms. The van der Waals surface area contributed by atoms with E-state index in [4.69, 9.17) is 4.74 Å². The van der Waals surface area contributed by atoms with Crippen molar-refractivity contribution in [3.8, 4) is 0 Å². The summed E-state index contributed by atoms with van der Waals surface area (Å²) in [6.07, 6.45) is 4.76. The predicted molar refractivity (Wildman–Crippen MR) is 188 cm³/mol. The van der Waals surface area contributed by atoms with Gasteiger partial charge in [-0.1, -0.05) is 81.3 Å². The third kappa shape index (κ3) is 5.53. The van der Waals surface area contributed by atoms with Gasteiger partial charge in [0.1, 0.15) is 6.67 Å². The van der Waals surface area contributed by atoms with Crippen molar-refractivity contribution in [3.05, 3.63) is 76.9 Å². The van der Waals surface area contributed by atoms with Gasteiger partial charge in [-0.2, -0.15) is 13.2 Å². The molecule has 2 aromatic rings. The van der Waals surface area contributed by atoms with Gasteiger partial charge in [-0.05, 0) is 128 Å². The lowest BCUT2D eigenvalue weighted by molar-refractivity contribution is -0.282. The highest BCUT2D eigenvalue weighted by atomic mass is 32.2. The van der Waals surface area contributed by atoms with Crippen LogP contribution in [0, 0.1) is 39.4 Å². The fourth-order valence-electron chi connectivity index (χ4n) is 11.3. The maximum atomic E-state index is 14.9. The SMILES string of the molecule is CC1(C)CCC2(CCC3=C4C(c5ccc(SCc6ccccc6)cc5)CC5(C)C(CC[C@@]5(C)C(C)(CF)C(F)(F)F)C4CCC3C2)OC1. The second-order valence-electron chi connectivity index (χ2n) is 17.7. The lowest BCUT2D eigenvalue weighted by Gasteiger charge is -2.61. The summed E-state index contributed by atoms with van der Waals surface area (Å²) in [4.78, 5) is 1.20. The third-order valence-corrected chi connectivity index (χ3v) is 15.8. The van der Waals surface area contributed by atoms with Gasteiger partial charge in [0, 0.05) is 16.6 Å². The summed E-state index contributed by atoms with van der Waals surface area (Å²) in [6, 6.07) is 19.4. The molecule has 6 heteroatoms. The fourth-order valence-corrected chi connectivity index (χ4v) is 12.1. The van der Waals surface area contributed by atoms with Crippen LogP contribution in [0.1, 0.15) is 116 Å². The van der Waals surface area contributed by atoms with E-state index in [2.05, 4.69) is 69.3 Å². The van der Waals surface area contributed by atoms with Gasteiger partial charge >= 0.3 is 6.18 Å². The van der Waals surface area contributed by atoms with Gasteiger partial charge < -0.3 is 4.74 Å². The van der Waals surface area contributed by atoms with Gasteiger partial charge in [0.25, 0.3) is 0 Å². The molecule has 5 aliphatic rings. The number of hydrogen-bond acceptors (Lipinski definition) is 2. The minimum absolute atomic E-state index is 0.0328. The summed E-state index contributed by atoms with van der Waals surface area (Å²) in [6.45, 7) is 9.13. The Morgan fingerprint density at radius 3 is 2.23 bits per heavy atom. The van der Waals surface area contributed by atoms with Crippen LogP contribution in [0.15, 0.2) is 70.6 Å². The van der Waals surface area contributed by atoms with Crippen molar-refractivity contribution in [2.45, 2.75) is 127 Å². The number of allylic oxidation sites excluding steroid dienone is 2. The molecule has 0 N–H and O–H groups in total. The molecule has 7 rings (SSSR count). The average Bonchev–Trinajstić information content (AvgIpc) is 3.35. The van der Waals surface area contributed by atoms with Crippen molar-refractivity contribution in [2.75, 3.05) is 13.3 Å². The predicted octanol–water partition coefficient (Wildman–Crippen LogP) is 12.5. The van der Waals surface area contributed by atoms with Crippen molar-refractivity contribution in [2.24, 2.45) is 39.4 Å². The van der Waals surface area contributed by atoms with Gasteiger partial charge in [-0.15, -0.1) is 11.8 Å². The van der Waals surface area contributed by atoms with Crippen molar-refractivity contribution < 1.29 is 22.3 Å². The smallest absolute Gasteiger partial charge is 0.374 e. The Bertz CT molecular complexity index is 1500. The Balaban J connectivity index is 1.26. The quantitative estimate of drug-likeness (QED) is 0.170. The lowest BCUT2D eigenvalue weighted by Crippen LogP contribution is -2.59. The Morgan fingerprint density at radius 2 is 1.58 bits per heavy atom.